The van der Waals surface area contributed by atoms with Crippen LogP contribution in [0.15, 0.2) is 6.07 Å². The molecule has 1 unspecified atom stereocenters. The molecule has 0 fully saturated rings. The number of nitrogens with two attached hydrogens (primary N) is 1. The van der Waals surface area contributed by atoms with Crippen LogP contribution in [0.25, 0.3) is 0 Å². The van der Waals surface area contributed by atoms with Crippen molar-refractivity contribution in [1.29, 1.82) is 0 Å². The van der Waals surface area contributed by atoms with Crippen LogP contribution < -0.4 is 15.2 Å². The molecule has 0 saturated heterocycles. The molecule has 7 heteroatoms. The maximum Gasteiger partial charge on any atom is 0.312 e. The van der Waals surface area contributed by atoms with Gasteiger partial charge >= 0.3 is 5.97 Å². The number of aliphatic carboxylic acids is 1. The van der Waals surface area contributed by atoms with Crippen LogP contribution >= 0.6 is 11.6 Å². The number of hydrogen-bond acceptors (Lipinski definition) is 4. The van der Waals surface area contributed by atoms with Crippen LogP contribution in [0, 0.1) is 5.82 Å². The predicted octanol–water partition coefficient (Wildman–Crippen LogP) is 1.38. The quantitative estimate of drug-likeness (QED) is 0.871. The van der Waals surface area contributed by atoms with Crippen molar-refractivity contribution in [1.82, 2.24) is 0 Å². The van der Waals surface area contributed by atoms with Gasteiger partial charge in [-0.3, -0.25) is 4.79 Å². The minimum atomic E-state index is -1.24. The number of carbonyl (C=O) groups is 1. The van der Waals surface area contributed by atoms with Gasteiger partial charge in [0, 0.05) is 12.6 Å². The number of benzene rings is 1. The van der Waals surface area contributed by atoms with Crippen molar-refractivity contribution < 1.29 is 23.8 Å². The number of halogens is 2. The molecule has 0 bridgehead atoms. The van der Waals surface area contributed by atoms with Gasteiger partial charge in [0.2, 0.25) is 0 Å². The molecule has 0 aliphatic carbocycles. The third-order valence-electron chi connectivity index (χ3n) is 2.64. The summed E-state index contributed by atoms with van der Waals surface area (Å²) in [7, 11) is 0. The summed E-state index contributed by atoms with van der Waals surface area (Å²) in [5.74, 6) is -2.99. The monoisotopic (exact) mass is 275 g/mol. The normalized spacial score (nSPS) is 15.3. The minimum absolute atomic E-state index is 0.0704. The van der Waals surface area contributed by atoms with Crippen LogP contribution in [0.1, 0.15) is 11.5 Å². The lowest BCUT2D eigenvalue weighted by Gasteiger charge is -2.24. The van der Waals surface area contributed by atoms with Gasteiger partial charge in [-0.25, -0.2) is 4.39 Å². The van der Waals surface area contributed by atoms with Crippen LogP contribution in [0.5, 0.6) is 11.5 Å². The summed E-state index contributed by atoms with van der Waals surface area (Å²) in [5.41, 5.74) is 5.21. The number of carboxylic acids is 1. The fourth-order valence-electron chi connectivity index (χ4n) is 1.81. The Morgan fingerprint density at radius 3 is 2.83 bits per heavy atom. The summed E-state index contributed by atoms with van der Waals surface area (Å²) in [6.45, 7) is 0.259. The molecule has 5 nitrogen and oxygen atoms in total. The Kier molecular flexibility index (Phi) is 3.58. The second-order valence-corrected chi connectivity index (χ2v) is 4.14. The van der Waals surface area contributed by atoms with Gasteiger partial charge in [-0.2, -0.15) is 0 Å². The molecule has 1 aromatic carbocycles. The van der Waals surface area contributed by atoms with Crippen molar-refractivity contribution in [3.05, 3.63) is 22.5 Å². The first-order valence-electron chi connectivity index (χ1n) is 5.26. The van der Waals surface area contributed by atoms with E-state index in [-0.39, 0.29) is 35.2 Å². The Balaban J connectivity index is 2.63. The number of ether oxygens (including phenoxy) is 2. The van der Waals surface area contributed by atoms with E-state index in [0.717, 1.165) is 0 Å². The van der Waals surface area contributed by atoms with Crippen LogP contribution in [0.4, 0.5) is 4.39 Å². The maximum atomic E-state index is 14.0. The first kappa shape index (κ1) is 12.9. The lowest BCUT2D eigenvalue weighted by atomic mass is 9.97. The van der Waals surface area contributed by atoms with Gasteiger partial charge in [0.05, 0.1) is 10.6 Å². The fraction of sp³-hybridized carbons (Fsp3) is 0.364. The summed E-state index contributed by atoms with van der Waals surface area (Å²) < 4.78 is 24.5. The predicted molar refractivity (Wildman–Crippen MR) is 61.8 cm³/mol. The fourth-order valence-corrected chi connectivity index (χ4v) is 2.01. The lowest BCUT2D eigenvalue weighted by molar-refractivity contribution is -0.138. The third kappa shape index (κ3) is 2.09. The summed E-state index contributed by atoms with van der Waals surface area (Å²) in [6, 6.07) is 1.27. The highest BCUT2D eigenvalue weighted by Crippen LogP contribution is 2.42. The van der Waals surface area contributed by atoms with Crippen LogP contribution in [0.3, 0.4) is 0 Å². The van der Waals surface area contributed by atoms with E-state index < -0.39 is 17.7 Å². The van der Waals surface area contributed by atoms with Crippen molar-refractivity contribution in [3.63, 3.8) is 0 Å². The van der Waals surface area contributed by atoms with E-state index in [1.54, 1.807) is 0 Å². The first-order valence-corrected chi connectivity index (χ1v) is 5.64. The molecule has 1 atom stereocenters. The van der Waals surface area contributed by atoms with Gasteiger partial charge in [-0.1, -0.05) is 11.6 Å². The number of rotatable bonds is 3. The SMILES string of the molecule is NCC(C(=O)O)c1c(F)c(Cl)cc2c1OCCO2. The van der Waals surface area contributed by atoms with E-state index in [9.17, 15) is 9.18 Å². The minimum Gasteiger partial charge on any atom is -0.486 e. The molecule has 98 valence electrons. The van der Waals surface area contributed by atoms with Crippen molar-refractivity contribution in [2.24, 2.45) is 5.73 Å². The van der Waals surface area contributed by atoms with Gasteiger partial charge in [0.1, 0.15) is 24.9 Å². The first-order chi connectivity index (χ1) is 8.56. The Hall–Kier alpha value is -1.53. The molecule has 1 heterocycles. The Morgan fingerprint density at radius 2 is 2.22 bits per heavy atom. The average molecular weight is 276 g/mol. The zero-order valence-electron chi connectivity index (χ0n) is 9.28. The van der Waals surface area contributed by atoms with E-state index in [0.29, 0.717) is 6.61 Å². The van der Waals surface area contributed by atoms with E-state index in [1.165, 1.54) is 6.07 Å². The molecular weight excluding hydrogens is 265 g/mol. The summed E-state index contributed by atoms with van der Waals surface area (Å²) in [4.78, 5) is 11.1. The van der Waals surface area contributed by atoms with Crippen LogP contribution in [-0.2, 0) is 4.79 Å². The molecule has 0 aromatic heterocycles. The highest BCUT2D eigenvalue weighted by Gasteiger charge is 2.31. The lowest BCUT2D eigenvalue weighted by Crippen LogP contribution is -2.25. The van der Waals surface area contributed by atoms with Gasteiger partial charge < -0.3 is 20.3 Å². The van der Waals surface area contributed by atoms with Gasteiger partial charge in [-0.15, -0.1) is 0 Å². The van der Waals surface area contributed by atoms with Crippen molar-refractivity contribution >= 4 is 17.6 Å². The highest BCUT2D eigenvalue weighted by molar-refractivity contribution is 6.31. The number of carboxylic acid groups (broad SMARTS) is 1. The van der Waals surface area contributed by atoms with Crippen molar-refractivity contribution in [2.45, 2.75) is 5.92 Å². The second kappa shape index (κ2) is 4.99. The summed E-state index contributed by atoms with van der Waals surface area (Å²) >= 11 is 5.71. The second-order valence-electron chi connectivity index (χ2n) is 3.74. The molecule has 1 aliphatic rings. The average Bonchev–Trinajstić information content (AvgIpc) is 2.34. The van der Waals surface area contributed by atoms with Gasteiger partial charge in [0.15, 0.2) is 11.5 Å². The van der Waals surface area contributed by atoms with E-state index in [1.807, 2.05) is 0 Å². The van der Waals surface area contributed by atoms with E-state index in [2.05, 4.69) is 0 Å². The third-order valence-corrected chi connectivity index (χ3v) is 2.92. The van der Waals surface area contributed by atoms with Gasteiger partial charge in [0.25, 0.3) is 0 Å². The van der Waals surface area contributed by atoms with E-state index >= 15 is 0 Å². The highest BCUT2D eigenvalue weighted by atomic mass is 35.5. The van der Waals surface area contributed by atoms with Crippen molar-refractivity contribution in [2.75, 3.05) is 19.8 Å². The Morgan fingerprint density at radius 1 is 1.56 bits per heavy atom. The molecule has 1 aliphatic heterocycles. The van der Waals surface area contributed by atoms with Crippen LogP contribution in [0.2, 0.25) is 5.02 Å². The molecule has 0 saturated carbocycles. The molecule has 0 amide bonds. The molecule has 1 aromatic rings. The van der Waals surface area contributed by atoms with Gasteiger partial charge in [-0.05, 0) is 0 Å². The smallest absolute Gasteiger partial charge is 0.312 e. The Bertz CT molecular complexity index is 494. The molecule has 2 rings (SSSR count). The van der Waals surface area contributed by atoms with Crippen molar-refractivity contribution in [3.8, 4) is 11.5 Å². The Labute approximate surface area is 107 Å². The molecule has 3 N–H and O–H groups in total. The molecule has 0 radical (unpaired) electrons. The topological polar surface area (TPSA) is 81.8 Å². The zero-order valence-corrected chi connectivity index (χ0v) is 10.0. The number of hydrogen-bond donors (Lipinski definition) is 2. The molecule has 18 heavy (non-hydrogen) atoms. The summed E-state index contributed by atoms with van der Waals surface area (Å²) in [5, 5.41) is 8.84. The standard InChI is InChI=1S/C11H11ClFNO4/c12-6-3-7-10(18-2-1-17-7)8(9(6)13)5(4-14)11(15)16/h3,5H,1-2,4,14H2,(H,15,16). The largest absolute Gasteiger partial charge is 0.486 e. The number of fused-ring (bicyclic) bond motifs is 1. The molecular formula is C11H11ClFNO4. The van der Waals surface area contributed by atoms with E-state index in [4.69, 9.17) is 31.9 Å². The maximum absolute atomic E-state index is 14.0. The van der Waals surface area contributed by atoms with Crippen LogP contribution in [-0.4, -0.2) is 30.8 Å². The summed E-state index contributed by atoms with van der Waals surface area (Å²) in [6.07, 6.45) is 0. The molecule has 0 spiro atoms. The zero-order chi connectivity index (χ0) is 13.3.